The zero-order chi connectivity index (χ0) is 14.2. The number of carbonyl (C=O) groups is 1. The van der Waals surface area contributed by atoms with E-state index in [4.69, 9.17) is 4.74 Å². The van der Waals surface area contributed by atoms with Gasteiger partial charge in [0.15, 0.2) is 0 Å². The van der Waals surface area contributed by atoms with Crippen molar-refractivity contribution in [2.24, 2.45) is 0 Å². The zero-order valence-corrected chi connectivity index (χ0v) is 12.3. The summed E-state index contributed by atoms with van der Waals surface area (Å²) in [7, 11) is 0. The first kappa shape index (κ1) is 13.3. The summed E-state index contributed by atoms with van der Waals surface area (Å²) >= 11 is 0. The van der Waals surface area contributed by atoms with Crippen LogP contribution in [-0.2, 0) is 18.0 Å². The van der Waals surface area contributed by atoms with Crippen LogP contribution < -0.4 is 5.32 Å². The van der Waals surface area contributed by atoms with Crippen LogP contribution in [0, 0.1) is 0 Å². The largest absolute Gasteiger partial charge is 0.372 e. The van der Waals surface area contributed by atoms with Gasteiger partial charge in [-0.2, -0.15) is 0 Å². The van der Waals surface area contributed by atoms with Gasteiger partial charge in [-0.05, 0) is 55.5 Å². The smallest absolute Gasteiger partial charge is 0.254 e. The molecule has 2 aliphatic heterocycles. The maximum absolute atomic E-state index is 12.9. The molecule has 4 heteroatoms. The summed E-state index contributed by atoms with van der Waals surface area (Å²) in [4.78, 5) is 15.0. The Morgan fingerprint density at radius 1 is 1.24 bits per heavy atom. The minimum atomic E-state index is 0.195. The molecule has 1 saturated carbocycles. The summed E-state index contributed by atoms with van der Waals surface area (Å²) in [5.41, 5.74) is 3.22. The molecule has 112 valence electrons. The van der Waals surface area contributed by atoms with Crippen LogP contribution in [0.5, 0.6) is 0 Å². The standard InChI is InChI=1S/C17H22N2O2/c20-17(12-3-4-13-10-21-11-14(13)8-12)19(16-5-6-16)9-15-2-1-7-18-15/h3-4,8,15-16,18H,1-2,5-7,9-11H2. The number of hydrogen-bond acceptors (Lipinski definition) is 3. The van der Waals surface area contributed by atoms with Crippen LogP contribution in [0.2, 0.25) is 0 Å². The molecular weight excluding hydrogens is 264 g/mol. The Balaban J connectivity index is 1.53. The molecule has 3 aliphatic rings. The molecule has 0 aromatic heterocycles. The van der Waals surface area contributed by atoms with Gasteiger partial charge < -0.3 is 15.0 Å². The summed E-state index contributed by atoms with van der Waals surface area (Å²) < 4.78 is 5.44. The molecule has 4 nitrogen and oxygen atoms in total. The minimum absolute atomic E-state index is 0.195. The molecule has 1 atom stereocenters. The van der Waals surface area contributed by atoms with E-state index in [0.29, 0.717) is 25.3 Å². The van der Waals surface area contributed by atoms with Gasteiger partial charge in [-0.25, -0.2) is 0 Å². The SMILES string of the molecule is O=C(c1ccc2c(c1)COC2)N(CC1CCCN1)C1CC1. The molecule has 0 radical (unpaired) electrons. The first-order valence-corrected chi connectivity index (χ1v) is 8.05. The van der Waals surface area contributed by atoms with E-state index < -0.39 is 0 Å². The molecule has 1 aromatic rings. The normalized spacial score (nSPS) is 24.1. The maximum Gasteiger partial charge on any atom is 0.254 e. The van der Waals surface area contributed by atoms with Crippen molar-refractivity contribution in [3.8, 4) is 0 Å². The number of hydrogen-bond donors (Lipinski definition) is 1. The number of amides is 1. The summed E-state index contributed by atoms with van der Waals surface area (Å²) in [5, 5.41) is 3.50. The molecule has 1 amide bonds. The van der Waals surface area contributed by atoms with E-state index >= 15 is 0 Å². The predicted molar refractivity (Wildman–Crippen MR) is 80.0 cm³/mol. The summed E-state index contributed by atoms with van der Waals surface area (Å²) in [6.45, 7) is 3.27. The van der Waals surface area contributed by atoms with Crippen molar-refractivity contribution in [1.29, 1.82) is 0 Å². The molecule has 1 saturated heterocycles. The van der Waals surface area contributed by atoms with Crippen LogP contribution in [0.25, 0.3) is 0 Å². The third-order valence-corrected chi connectivity index (χ3v) is 4.80. The van der Waals surface area contributed by atoms with Crippen molar-refractivity contribution in [3.63, 3.8) is 0 Å². The van der Waals surface area contributed by atoms with Gasteiger partial charge in [-0.15, -0.1) is 0 Å². The number of ether oxygens (including phenoxy) is 1. The highest BCUT2D eigenvalue weighted by Gasteiger charge is 2.35. The minimum Gasteiger partial charge on any atom is -0.372 e. The molecule has 0 spiro atoms. The lowest BCUT2D eigenvalue weighted by atomic mass is 10.1. The third-order valence-electron chi connectivity index (χ3n) is 4.80. The molecule has 1 unspecified atom stereocenters. The van der Waals surface area contributed by atoms with Crippen molar-refractivity contribution in [3.05, 3.63) is 34.9 Å². The Morgan fingerprint density at radius 2 is 2.10 bits per heavy atom. The van der Waals surface area contributed by atoms with E-state index in [1.165, 1.54) is 24.0 Å². The van der Waals surface area contributed by atoms with E-state index in [1.807, 2.05) is 12.1 Å². The average molecular weight is 286 g/mol. The van der Waals surface area contributed by atoms with E-state index in [0.717, 1.165) is 31.5 Å². The second kappa shape index (κ2) is 5.43. The second-order valence-electron chi connectivity index (χ2n) is 6.46. The number of nitrogens with zero attached hydrogens (tertiary/aromatic N) is 1. The van der Waals surface area contributed by atoms with Gasteiger partial charge >= 0.3 is 0 Å². The van der Waals surface area contributed by atoms with Crippen molar-refractivity contribution in [1.82, 2.24) is 10.2 Å². The molecule has 21 heavy (non-hydrogen) atoms. The second-order valence-corrected chi connectivity index (χ2v) is 6.46. The summed E-state index contributed by atoms with van der Waals surface area (Å²) in [5.74, 6) is 0.195. The van der Waals surface area contributed by atoms with Gasteiger partial charge in [0, 0.05) is 24.2 Å². The lowest BCUT2D eigenvalue weighted by Crippen LogP contribution is -2.42. The fourth-order valence-electron chi connectivity index (χ4n) is 3.40. The Hall–Kier alpha value is -1.39. The first-order chi connectivity index (χ1) is 10.3. The molecule has 0 bridgehead atoms. The summed E-state index contributed by atoms with van der Waals surface area (Å²) in [6.07, 6.45) is 4.74. The van der Waals surface area contributed by atoms with Gasteiger partial charge in [0.05, 0.1) is 13.2 Å². The topological polar surface area (TPSA) is 41.6 Å². The highest BCUT2D eigenvalue weighted by atomic mass is 16.5. The van der Waals surface area contributed by atoms with E-state index in [1.54, 1.807) is 0 Å². The molecule has 2 fully saturated rings. The van der Waals surface area contributed by atoms with Gasteiger partial charge in [0.2, 0.25) is 0 Å². The van der Waals surface area contributed by atoms with Gasteiger partial charge in [0.25, 0.3) is 5.91 Å². The molecule has 1 aromatic carbocycles. The molecule has 2 heterocycles. The number of fused-ring (bicyclic) bond motifs is 1. The van der Waals surface area contributed by atoms with Gasteiger partial charge in [0.1, 0.15) is 0 Å². The molecular formula is C17H22N2O2. The highest BCUT2D eigenvalue weighted by molar-refractivity contribution is 5.95. The van der Waals surface area contributed by atoms with Crippen molar-refractivity contribution >= 4 is 5.91 Å². The van der Waals surface area contributed by atoms with Crippen LogP contribution in [0.3, 0.4) is 0 Å². The zero-order valence-electron chi connectivity index (χ0n) is 12.3. The van der Waals surface area contributed by atoms with E-state index in [9.17, 15) is 4.79 Å². The van der Waals surface area contributed by atoms with Crippen molar-refractivity contribution < 1.29 is 9.53 Å². The summed E-state index contributed by atoms with van der Waals surface area (Å²) in [6, 6.07) is 6.99. The fourth-order valence-corrected chi connectivity index (χ4v) is 3.40. The highest BCUT2D eigenvalue weighted by Crippen LogP contribution is 2.30. The quantitative estimate of drug-likeness (QED) is 0.921. The van der Waals surface area contributed by atoms with Gasteiger partial charge in [-0.3, -0.25) is 4.79 Å². The lowest BCUT2D eigenvalue weighted by molar-refractivity contribution is 0.0728. The predicted octanol–water partition coefficient (Wildman–Crippen LogP) is 2.07. The molecule has 1 aliphatic carbocycles. The first-order valence-electron chi connectivity index (χ1n) is 8.05. The Labute approximate surface area is 125 Å². The Kier molecular flexibility index (Phi) is 3.43. The van der Waals surface area contributed by atoms with Crippen molar-refractivity contribution in [2.75, 3.05) is 13.1 Å². The van der Waals surface area contributed by atoms with E-state index in [-0.39, 0.29) is 5.91 Å². The Morgan fingerprint density at radius 3 is 2.86 bits per heavy atom. The van der Waals surface area contributed by atoms with Crippen LogP contribution >= 0.6 is 0 Å². The number of carbonyl (C=O) groups excluding carboxylic acids is 1. The van der Waals surface area contributed by atoms with Crippen LogP contribution in [-0.4, -0.2) is 36.0 Å². The monoisotopic (exact) mass is 286 g/mol. The van der Waals surface area contributed by atoms with Crippen LogP contribution in [0.4, 0.5) is 0 Å². The Bertz CT molecular complexity index is 548. The maximum atomic E-state index is 12.9. The lowest BCUT2D eigenvalue weighted by Gasteiger charge is -2.26. The van der Waals surface area contributed by atoms with Crippen LogP contribution in [0.1, 0.15) is 47.2 Å². The molecule has 4 rings (SSSR count). The number of rotatable bonds is 4. The number of benzene rings is 1. The fraction of sp³-hybridized carbons (Fsp3) is 0.588. The van der Waals surface area contributed by atoms with Gasteiger partial charge in [-0.1, -0.05) is 6.07 Å². The average Bonchev–Trinajstić information content (AvgIpc) is 3.02. The number of nitrogens with one attached hydrogen (secondary N) is 1. The van der Waals surface area contributed by atoms with Crippen molar-refractivity contribution in [2.45, 2.75) is 51.0 Å². The van der Waals surface area contributed by atoms with Crippen LogP contribution in [0.15, 0.2) is 18.2 Å². The molecule has 1 N–H and O–H groups in total. The third kappa shape index (κ3) is 2.70. The van der Waals surface area contributed by atoms with E-state index in [2.05, 4.69) is 16.3 Å².